The van der Waals surface area contributed by atoms with Crippen molar-refractivity contribution in [2.45, 2.75) is 17.9 Å². The third-order valence-corrected chi connectivity index (χ3v) is 6.53. The zero-order valence-corrected chi connectivity index (χ0v) is 17.5. The molecule has 3 nitrogen and oxygen atoms in total. The normalized spacial score (nSPS) is 12.4. The van der Waals surface area contributed by atoms with Gasteiger partial charge in [0.1, 0.15) is 0 Å². The van der Waals surface area contributed by atoms with Crippen molar-refractivity contribution in [3.63, 3.8) is 0 Å². The molecule has 0 unspecified atom stereocenters. The van der Waals surface area contributed by atoms with E-state index in [0.29, 0.717) is 0 Å². The van der Waals surface area contributed by atoms with E-state index in [9.17, 15) is 8.42 Å². The van der Waals surface area contributed by atoms with Crippen molar-refractivity contribution < 1.29 is 8.42 Å². The molecule has 0 aromatic heterocycles. The largest absolute Gasteiger partial charge is 0.241 e. The number of aryl methyl sites for hydroxylation is 1. The fourth-order valence-electron chi connectivity index (χ4n) is 3.41. The van der Waals surface area contributed by atoms with Gasteiger partial charge in [-0.3, -0.25) is 0 Å². The highest BCUT2D eigenvalue weighted by Gasteiger charge is 2.23. The van der Waals surface area contributed by atoms with Crippen molar-refractivity contribution in [1.82, 2.24) is 4.72 Å². The van der Waals surface area contributed by atoms with Crippen LogP contribution in [0.1, 0.15) is 22.7 Å². The molecule has 0 aliphatic carbocycles. The molecule has 0 aliphatic rings. The third-order valence-electron chi connectivity index (χ3n) is 5.09. The molecule has 0 saturated carbocycles. The Morgan fingerprint density at radius 3 is 1.70 bits per heavy atom. The smallest absolute Gasteiger partial charge is 0.207 e. The van der Waals surface area contributed by atoms with Crippen LogP contribution >= 0.6 is 0 Å². The summed E-state index contributed by atoms with van der Waals surface area (Å²) in [5.41, 5.74) is 5.01. The van der Waals surface area contributed by atoms with E-state index < -0.39 is 16.1 Å². The van der Waals surface area contributed by atoms with E-state index in [-0.39, 0.29) is 4.90 Å². The summed E-state index contributed by atoms with van der Waals surface area (Å²) in [6.45, 7) is 1.94. The zero-order valence-electron chi connectivity index (χ0n) is 16.7. The molecule has 0 amide bonds. The summed E-state index contributed by atoms with van der Waals surface area (Å²) >= 11 is 0. The van der Waals surface area contributed by atoms with Gasteiger partial charge in [0.2, 0.25) is 10.0 Å². The summed E-state index contributed by atoms with van der Waals surface area (Å²) in [7, 11) is -3.68. The van der Waals surface area contributed by atoms with Crippen LogP contribution in [0.15, 0.2) is 114 Å². The van der Waals surface area contributed by atoms with Gasteiger partial charge >= 0.3 is 0 Å². The Balaban J connectivity index is 1.70. The lowest BCUT2D eigenvalue weighted by molar-refractivity contribution is 0.572. The molecule has 0 aliphatic heterocycles. The van der Waals surface area contributed by atoms with E-state index in [1.807, 2.05) is 79.7 Å². The van der Waals surface area contributed by atoms with Crippen molar-refractivity contribution in [2.24, 2.45) is 0 Å². The minimum Gasteiger partial charge on any atom is -0.207 e. The van der Waals surface area contributed by atoms with Crippen molar-refractivity contribution in [1.29, 1.82) is 0 Å². The molecule has 4 aromatic rings. The number of hydrogen-bond donors (Lipinski definition) is 1. The minimum absolute atomic E-state index is 0.259. The molecule has 1 N–H and O–H groups in total. The lowest BCUT2D eigenvalue weighted by Crippen LogP contribution is -2.29. The van der Waals surface area contributed by atoms with Crippen LogP contribution in [-0.4, -0.2) is 8.42 Å². The number of benzene rings is 4. The average molecular weight is 414 g/mol. The molecule has 150 valence electrons. The quantitative estimate of drug-likeness (QED) is 0.439. The molecule has 0 saturated heterocycles. The molecule has 0 radical (unpaired) electrons. The topological polar surface area (TPSA) is 46.2 Å². The van der Waals surface area contributed by atoms with Gasteiger partial charge in [-0.25, -0.2) is 8.42 Å². The van der Waals surface area contributed by atoms with Gasteiger partial charge < -0.3 is 0 Å². The summed E-state index contributed by atoms with van der Waals surface area (Å²) in [5, 5.41) is 0. The summed E-state index contributed by atoms with van der Waals surface area (Å²) in [4.78, 5) is 0.259. The Morgan fingerprint density at radius 1 is 0.600 bits per heavy atom. The molecule has 1 atom stereocenters. The Kier molecular flexibility index (Phi) is 5.79. The van der Waals surface area contributed by atoms with Gasteiger partial charge in [0, 0.05) is 0 Å². The molecule has 4 heteroatoms. The van der Waals surface area contributed by atoms with Gasteiger partial charge in [0.15, 0.2) is 0 Å². The van der Waals surface area contributed by atoms with Gasteiger partial charge in [0.25, 0.3) is 0 Å². The fraction of sp³-hybridized carbons (Fsp3) is 0.0769. The molecule has 30 heavy (non-hydrogen) atoms. The van der Waals surface area contributed by atoms with E-state index in [0.717, 1.165) is 27.8 Å². The van der Waals surface area contributed by atoms with Crippen LogP contribution in [-0.2, 0) is 10.0 Å². The van der Waals surface area contributed by atoms with Crippen molar-refractivity contribution in [3.05, 3.63) is 126 Å². The highest BCUT2D eigenvalue weighted by atomic mass is 32.2. The molecule has 0 spiro atoms. The maximum Gasteiger partial charge on any atom is 0.241 e. The number of sulfonamides is 1. The lowest BCUT2D eigenvalue weighted by atomic mass is 9.97. The first-order valence-electron chi connectivity index (χ1n) is 9.82. The molecule has 4 aromatic carbocycles. The van der Waals surface area contributed by atoms with Gasteiger partial charge in [-0.2, -0.15) is 4.72 Å². The van der Waals surface area contributed by atoms with Crippen molar-refractivity contribution in [2.75, 3.05) is 0 Å². The molecule has 0 fully saturated rings. The second kappa shape index (κ2) is 8.66. The Morgan fingerprint density at radius 2 is 1.10 bits per heavy atom. The molecular formula is C26H23NO2S. The fourth-order valence-corrected chi connectivity index (χ4v) is 4.63. The SMILES string of the molecule is Cc1ccc(S(=O)(=O)N[C@@H](c2ccccc2)c2ccc(-c3ccccc3)cc2)cc1. The Hall–Kier alpha value is -3.21. The second-order valence-electron chi connectivity index (χ2n) is 7.27. The number of hydrogen-bond acceptors (Lipinski definition) is 2. The average Bonchev–Trinajstić information content (AvgIpc) is 2.79. The molecule has 0 heterocycles. The zero-order chi connectivity index (χ0) is 21.0. The molecule has 4 rings (SSSR count). The van der Waals surface area contributed by atoms with E-state index in [1.54, 1.807) is 24.3 Å². The summed E-state index contributed by atoms with van der Waals surface area (Å²) in [6, 6.07) is 34.2. The van der Waals surface area contributed by atoms with Crippen LogP contribution in [0.4, 0.5) is 0 Å². The summed E-state index contributed by atoms with van der Waals surface area (Å²) in [5.74, 6) is 0. The van der Waals surface area contributed by atoms with Crippen molar-refractivity contribution in [3.8, 4) is 11.1 Å². The second-order valence-corrected chi connectivity index (χ2v) is 8.98. The molecular weight excluding hydrogens is 390 g/mol. The van der Waals surface area contributed by atoms with E-state index in [2.05, 4.69) is 16.9 Å². The number of nitrogens with one attached hydrogen (secondary N) is 1. The standard InChI is InChI=1S/C26H23NO2S/c1-20-12-18-25(19-13-20)30(28,29)27-26(23-10-6-3-7-11-23)24-16-14-22(15-17-24)21-8-4-2-5-9-21/h2-19,26-27H,1H3/t26-/m0/s1. The van der Waals surface area contributed by atoms with Crippen LogP contribution in [0.2, 0.25) is 0 Å². The van der Waals surface area contributed by atoms with E-state index >= 15 is 0 Å². The summed E-state index contributed by atoms with van der Waals surface area (Å²) < 4.78 is 29.0. The van der Waals surface area contributed by atoms with Gasteiger partial charge in [-0.05, 0) is 41.3 Å². The number of rotatable bonds is 6. The Labute approximate surface area is 178 Å². The first kappa shape index (κ1) is 20.1. The minimum atomic E-state index is -3.68. The van der Waals surface area contributed by atoms with Crippen LogP contribution in [0.25, 0.3) is 11.1 Å². The van der Waals surface area contributed by atoms with Crippen molar-refractivity contribution >= 4 is 10.0 Å². The highest BCUT2D eigenvalue weighted by molar-refractivity contribution is 7.89. The Bertz CT molecular complexity index is 1200. The first-order chi connectivity index (χ1) is 14.5. The monoisotopic (exact) mass is 413 g/mol. The predicted molar refractivity (Wildman–Crippen MR) is 122 cm³/mol. The van der Waals surface area contributed by atoms with Gasteiger partial charge in [-0.1, -0.05) is 103 Å². The first-order valence-corrected chi connectivity index (χ1v) is 11.3. The highest BCUT2D eigenvalue weighted by Crippen LogP contribution is 2.27. The third kappa shape index (κ3) is 4.51. The van der Waals surface area contributed by atoms with Crippen LogP contribution < -0.4 is 4.72 Å². The maximum absolute atomic E-state index is 13.1. The van der Waals surface area contributed by atoms with Crippen LogP contribution in [0, 0.1) is 6.92 Å². The predicted octanol–water partition coefficient (Wildman–Crippen LogP) is 5.73. The lowest BCUT2D eigenvalue weighted by Gasteiger charge is -2.20. The van der Waals surface area contributed by atoms with Gasteiger partial charge in [0.05, 0.1) is 10.9 Å². The van der Waals surface area contributed by atoms with E-state index in [4.69, 9.17) is 0 Å². The van der Waals surface area contributed by atoms with Gasteiger partial charge in [-0.15, -0.1) is 0 Å². The maximum atomic E-state index is 13.1. The van der Waals surface area contributed by atoms with Crippen LogP contribution in [0.3, 0.4) is 0 Å². The van der Waals surface area contributed by atoms with E-state index in [1.165, 1.54) is 0 Å². The van der Waals surface area contributed by atoms with Crippen LogP contribution in [0.5, 0.6) is 0 Å². The summed E-state index contributed by atoms with van der Waals surface area (Å²) in [6.07, 6.45) is 0. The molecule has 0 bridgehead atoms.